The average Bonchev–Trinajstić information content (AvgIpc) is 3.81. The topological polar surface area (TPSA) is 431 Å². The molecule has 0 aliphatic rings. The Morgan fingerprint density at radius 1 is 0.589 bits per heavy atom. The normalized spacial score (nSPS) is 15.1. The molecule has 0 unspecified atom stereocenters. The van der Waals surface area contributed by atoms with Gasteiger partial charge in [-0.3, -0.25) is 47.9 Å². The number of amides is 9. The summed E-state index contributed by atoms with van der Waals surface area (Å²) in [6.07, 6.45) is 2.52. The number of carboxylic acids is 2. The summed E-state index contributed by atoms with van der Waals surface area (Å²) >= 11 is 4.21. The second-order valence-electron chi connectivity index (χ2n) is 19.4. The first-order valence-corrected chi connectivity index (χ1v) is 24.9. The minimum absolute atomic E-state index is 0.0399. The van der Waals surface area contributed by atoms with Gasteiger partial charge in [-0.15, -0.1) is 0 Å². The first-order chi connectivity index (χ1) is 34.1. The van der Waals surface area contributed by atoms with E-state index in [0.717, 1.165) is 0 Å². The van der Waals surface area contributed by atoms with Gasteiger partial charge in [0.15, 0.2) is 0 Å². The number of H-pyrrole nitrogens is 1. The molecule has 0 bridgehead atoms. The Hall–Kier alpha value is -6.35. The molecule has 1 aromatic rings. The predicted octanol–water partition coefficient (Wildman–Crippen LogP) is -2.55. The largest absolute Gasteiger partial charge is 0.481 e. The highest BCUT2D eigenvalue weighted by Gasteiger charge is 2.37. The van der Waals surface area contributed by atoms with E-state index in [9.17, 15) is 63.0 Å². The molecule has 0 radical (unpaired) electrons. The van der Waals surface area contributed by atoms with Crippen LogP contribution < -0.4 is 59.7 Å². The van der Waals surface area contributed by atoms with Crippen LogP contribution in [0.3, 0.4) is 0 Å². The van der Waals surface area contributed by atoms with Gasteiger partial charge in [0.05, 0.1) is 18.8 Å². The molecule has 0 saturated carbocycles. The van der Waals surface area contributed by atoms with Gasteiger partial charge in [0.25, 0.3) is 0 Å². The number of carbonyl (C=O) groups is 11. The minimum Gasteiger partial charge on any atom is -0.481 e. The summed E-state index contributed by atoms with van der Waals surface area (Å²) in [5, 5.41) is 39.4. The van der Waals surface area contributed by atoms with E-state index < -0.39 is 138 Å². The van der Waals surface area contributed by atoms with E-state index in [2.05, 4.69) is 65.1 Å². The second-order valence-corrected chi connectivity index (χ2v) is 19.7. The molecule has 0 saturated heterocycles. The Morgan fingerprint density at radius 3 is 1.51 bits per heavy atom. The number of aliphatic carboxylic acids is 2. The summed E-state index contributed by atoms with van der Waals surface area (Å²) < 4.78 is 0. The lowest BCUT2D eigenvalue weighted by molar-refractivity contribution is -0.143. The zero-order chi connectivity index (χ0) is 55.7. The molecule has 0 spiro atoms. The Balaban J connectivity index is 3.36. The molecule has 1 rings (SSSR count). The zero-order valence-corrected chi connectivity index (χ0v) is 43.8. The maximum Gasteiger partial charge on any atom is 0.326 e. The molecule has 1 aromatic heterocycles. The first-order valence-electron chi connectivity index (χ1n) is 24.3. The van der Waals surface area contributed by atoms with E-state index in [4.69, 9.17) is 17.2 Å². The number of nitrogens with one attached hydrogen (secondary N) is 9. The number of nitrogens with zero attached hydrogens (tertiary/aromatic N) is 1. The number of hydrogen-bond acceptors (Lipinski definition) is 15. The van der Waals surface area contributed by atoms with Gasteiger partial charge in [-0.2, -0.15) is 12.6 Å². The number of carboxylic acid groups (broad SMARTS) is 2. The molecule has 9 atom stereocenters. The van der Waals surface area contributed by atoms with Crippen LogP contribution in [0.5, 0.6) is 0 Å². The van der Waals surface area contributed by atoms with Crippen molar-refractivity contribution in [2.75, 3.05) is 12.3 Å². The summed E-state index contributed by atoms with van der Waals surface area (Å²) in [6.45, 7) is 13.7. The van der Waals surface area contributed by atoms with Crippen LogP contribution in [0.1, 0.15) is 112 Å². The fourth-order valence-corrected chi connectivity index (χ4v) is 7.45. The van der Waals surface area contributed by atoms with Crippen molar-refractivity contribution in [3.63, 3.8) is 0 Å². The van der Waals surface area contributed by atoms with Crippen molar-refractivity contribution >= 4 is 77.7 Å². The lowest BCUT2D eigenvalue weighted by Crippen LogP contribution is -2.61. The molecule has 0 fully saturated rings. The van der Waals surface area contributed by atoms with Crippen LogP contribution in [0.25, 0.3) is 0 Å². The molecule has 26 nitrogen and oxygen atoms in total. The number of nitrogens with two attached hydrogens (primary N) is 3. The third kappa shape index (κ3) is 24.3. The van der Waals surface area contributed by atoms with Gasteiger partial charge in [0, 0.05) is 30.5 Å². The van der Waals surface area contributed by atoms with E-state index in [-0.39, 0.29) is 49.7 Å². The number of unbranched alkanes of at least 4 members (excludes halogenated alkanes) is 1. The van der Waals surface area contributed by atoms with Crippen LogP contribution in [0.2, 0.25) is 0 Å². The first kappa shape index (κ1) is 64.7. The number of hydrogen-bond donors (Lipinski definition) is 15. The molecule has 0 aliphatic carbocycles. The average molecular weight is 1050 g/mol. The third-order valence-electron chi connectivity index (χ3n) is 11.2. The van der Waals surface area contributed by atoms with Crippen LogP contribution in [0.4, 0.5) is 0 Å². The lowest BCUT2D eigenvalue weighted by Gasteiger charge is -2.29. The van der Waals surface area contributed by atoms with Gasteiger partial charge in [-0.1, -0.05) is 61.8 Å². The van der Waals surface area contributed by atoms with Crippen molar-refractivity contribution in [3.05, 3.63) is 18.2 Å². The Bertz CT molecular complexity index is 2020. The molecular weight excluding hydrogens is 975 g/mol. The summed E-state index contributed by atoms with van der Waals surface area (Å²) in [7, 11) is 0. The van der Waals surface area contributed by atoms with Gasteiger partial charge < -0.3 is 74.9 Å². The quantitative estimate of drug-likeness (QED) is 0.0246. The van der Waals surface area contributed by atoms with Crippen molar-refractivity contribution in [1.29, 1.82) is 0 Å². The third-order valence-corrected chi connectivity index (χ3v) is 11.6. The molecule has 0 aliphatic heterocycles. The molecule has 17 N–H and O–H groups in total. The summed E-state index contributed by atoms with van der Waals surface area (Å²) in [5.74, 6) is -12.8. The standard InChI is InChI=1S/C46H79N13O13S/c1-22(2)15-29(53-38(63)27(48)11-9-10-14-47)40(65)52-28(12-13-34(49)60)39(64)57-33(20-73)44(69)58-36(24(5)6)45(70)56-32(18-35(61)62)42(67)54-30(16-23(3)4)41(66)55-31(17-26-19-50-21-51-26)43(68)59-37(25(7)8)46(71)72/h19,21-25,27-33,36-37,73H,9-18,20,47-48H2,1-8H3,(H2,49,60)(H,50,51)(H,52,65)(H,53,63)(H,54,67)(H,55,66)(H,56,70)(H,57,64)(H,58,69)(H,59,68)(H,61,62)(H,71,72)/t27-,28-,29-,30-,31-,32-,33-,36-,37-/m0/s1. The van der Waals surface area contributed by atoms with Gasteiger partial charge in [-0.05, 0) is 62.3 Å². The van der Waals surface area contributed by atoms with Gasteiger partial charge in [0.2, 0.25) is 53.2 Å². The summed E-state index contributed by atoms with van der Waals surface area (Å²) in [6, 6.07) is -12.4. The van der Waals surface area contributed by atoms with E-state index in [0.29, 0.717) is 31.5 Å². The number of aromatic amines is 1. The van der Waals surface area contributed by atoms with Crippen LogP contribution in [-0.4, -0.2) is 152 Å². The number of primary amides is 1. The van der Waals surface area contributed by atoms with Crippen molar-refractivity contribution in [2.45, 2.75) is 168 Å². The molecule has 27 heteroatoms. The summed E-state index contributed by atoms with van der Waals surface area (Å²) in [5.41, 5.74) is 17.3. The summed E-state index contributed by atoms with van der Waals surface area (Å²) in [4.78, 5) is 152. The fraction of sp³-hybridized carbons (Fsp3) is 0.696. The fourth-order valence-electron chi connectivity index (χ4n) is 7.19. The second kappa shape index (κ2) is 32.7. The van der Waals surface area contributed by atoms with Crippen molar-refractivity contribution in [1.82, 2.24) is 52.5 Å². The van der Waals surface area contributed by atoms with Crippen molar-refractivity contribution in [3.8, 4) is 0 Å². The lowest BCUT2D eigenvalue weighted by atomic mass is 10.00. The molecular formula is C46H79N13O13S. The predicted molar refractivity (Wildman–Crippen MR) is 269 cm³/mol. The van der Waals surface area contributed by atoms with Crippen LogP contribution in [-0.2, 0) is 59.2 Å². The number of aromatic nitrogens is 2. The van der Waals surface area contributed by atoms with Gasteiger partial charge in [0.1, 0.15) is 48.3 Å². The molecule has 73 heavy (non-hydrogen) atoms. The Morgan fingerprint density at radius 2 is 1.04 bits per heavy atom. The van der Waals surface area contributed by atoms with E-state index in [1.807, 2.05) is 0 Å². The highest BCUT2D eigenvalue weighted by atomic mass is 32.1. The molecule has 412 valence electrons. The highest BCUT2D eigenvalue weighted by molar-refractivity contribution is 7.80. The van der Waals surface area contributed by atoms with Gasteiger partial charge >= 0.3 is 11.9 Å². The number of rotatable bonds is 35. The van der Waals surface area contributed by atoms with Crippen LogP contribution >= 0.6 is 12.6 Å². The molecule has 1 heterocycles. The van der Waals surface area contributed by atoms with Crippen molar-refractivity contribution in [2.24, 2.45) is 40.9 Å². The monoisotopic (exact) mass is 1050 g/mol. The van der Waals surface area contributed by atoms with Crippen molar-refractivity contribution < 1.29 is 63.0 Å². The van der Waals surface area contributed by atoms with Crippen LogP contribution in [0.15, 0.2) is 12.5 Å². The Kier molecular flexibility index (Phi) is 28.9. The smallest absolute Gasteiger partial charge is 0.326 e. The van der Waals surface area contributed by atoms with E-state index >= 15 is 0 Å². The Labute approximate surface area is 430 Å². The van der Waals surface area contributed by atoms with E-state index in [1.165, 1.54) is 26.4 Å². The maximum absolute atomic E-state index is 13.9. The van der Waals surface area contributed by atoms with E-state index in [1.54, 1.807) is 41.5 Å². The number of thiol groups is 1. The zero-order valence-electron chi connectivity index (χ0n) is 43.0. The SMILES string of the molecule is CC(C)C[C@H](NC(=O)[C@H](CC(=O)O)NC(=O)[C@@H](NC(=O)[C@H](CS)NC(=O)[C@H](CCC(N)=O)NC(=O)[C@H](CC(C)C)NC(=O)[C@@H](N)CCCCN)C(C)C)C(=O)N[C@@H](Cc1cnc[nH]1)C(=O)N[C@H](C(=O)O)C(C)C. The number of imidazole rings is 1. The molecule has 0 aromatic carbocycles. The highest BCUT2D eigenvalue weighted by Crippen LogP contribution is 2.12. The van der Waals surface area contributed by atoms with Gasteiger partial charge in [-0.25, -0.2) is 9.78 Å². The minimum atomic E-state index is -1.83. The molecule has 9 amide bonds. The maximum atomic E-state index is 13.9. The van der Waals surface area contributed by atoms with Crippen LogP contribution in [0, 0.1) is 23.7 Å². The number of carbonyl (C=O) groups excluding carboxylic acids is 9.